The Labute approximate surface area is 80.0 Å². The van der Waals surface area contributed by atoms with E-state index < -0.39 is 0 Å². The molecule has 5 heteroatoms. The fourth-order valence-electron chi connectivity index (χ4n) is 1.16. The van der Waals surface area contributed by atoms with Gasteiger partial charge in [0.15, 0.2) is 5.76 Å². The largest absolute Gasteiger partial charge is 0.359 e. The van der Waals surface area contributed by atoms with Gasteiger partial charge in [-0.1, -0.05) is 5.16 Å². The molecular formula is C9H9N3O2. The minimum Gasteiger partial charge on any atom is -0.359 e. The van der Waals surface area contributed by atoms with E-state index in [4.69, 9.17) is 4.52 Å². The molecule has 2 heterocycles. The van der Waals surface area contributed by atoms with Gasteiger partial charge in [0.2, 0.25) is 0 Å². The van der Waals surface area contributed by atoms with Gasteiger partial charge in [0.25, 0.3) is 5.56 Å². The second-order valence-corrected chi connectivity index (χ2v) is 2.98. The summed E-state index contributed by atoms with van der Waals surface area (Å²) in [5, 5.41) is 3.73. The van der Waals surface area contributed by atoms with Crippen molar-refractivity contribution in [1.29, 1.82) is 0 Å². The summed E-state index contributed by atoms with van der Waals surface area (Å²) in [7, 11) is 0. The Morgan fingerprint density at radius 3 is 3.07 bits per heavy atom. The Kier molecular flexibility index (Phi) is 2.14. The molecule has 0 aliphatic heterocycles. The van der Waals surface area contributed by atoms with Crippen molar-refractivity contribution in [1.82, 2.24) is 14.7 Å². The second-order valence-electron chi connectivity index (χ2n) is 2.98. The van der Waals surface area contributed by atoms with Crippen molar-refractivity contribution in [2.45, 2.75) is 13.5 Å². The number of hydrogen-bond donors (Lipinski definition) is 0. The number of aryl methyl sites for hydroxylation is 1. The lowest BCUT2D eigenvalue weighted by atomic mass is 10.4. The van der Waals surface area contributed by atoms with Crippen molar-refractivity contribution in [3.8, 4) is 0 Å². The molecule has 0 unspecified atom stereocenters. The molecule has 2 aromatic rings. The first-order valence-electron chi connectivity index (χ1n) is 4.18. The summed E-state index contributed by atoms with van der Waals surface area (Å²) in [6.45, 7) is 2.20. The molecule has 0 aliphatic rings. The zero-order valence-electron chi connectivity index (χ0n) is 7.67. The lowest BCUT2D eigenvalue weighted by Gasteiger charge is -1.98. The third kappa shape index (κ3) is 1.71. The molecule has 14 heavy (non-hydrogen) atoms. The van der Waals surface area contributed by atoms with E-state index in [0.717, 1.165) is 5.69 Å². The van der Waals surface area contributed by atoms with E-state index in [-0.39, 0.29) is 5.56 Å². The summed E-state index contributed by atoms with van der Waals surface area (Å²) >= 11 is 0. The minimum absolute atomic E-state index is 0.103. The van der Waals surface area contributed by atoms with E-state index >= 15 is 0 Å². The average Bonchev–Trinajstić information content (AvgIpc) is 2.56. The van der Waals surface area contributed by atoms with Crippen LogP contribution in [-0.2, 0) is 6.54 Å². The van der Waals surface area contributed by atoms with Gasteiger partial charge in [0.05, 0.1) is 18.6 Å². The molecule has 72 valence electrons. The van der Waals surface area contributed by atoms with Gasteiger partial charge < -0.3 is 4.52 Å². The Hall–Kier alpha value is -1.91. The lowest BCUT2D eigenvalue weighted by molar-refractivity contribution is 0.371. The first kappa shape index (κ1) is 8.68. The Morgan fingerprint density at radius 1 is 1.57 bits per heavy atom. The number of aromatic nitrogens is 3. The monoisotopic (exact) mass is 191 g/mol. The molecule has 5 nitrogen and oxygen atoms in total. The average molecular weight is 191 g/mol. The van der Waals surface area contributed by atoms with Gasteiger partial charge in [-0.05, 0) is 6.92 Å². The van der Waals surface area contributed by atoms with Gasteiger partial charge in [-0.25, -0.2) is 4.98 Å². The molecular weight excluding hydrogens is 182 g/mol. The van der Waals surface area contributed by atoms with E-state index in [1.54, 1.807) is 6.07 Å². The fraction of sp³-hybridized carbons (Fsp3) is 0.222. The molecule has 0 amide bonds. The maximum atomic E-state index is 11.3. The van der Waals surface area contributed by atoms with Crippen LogP contribution in [0, 0.1) is 6.92 Å². The van der Waals surface area contributed by atoms with E-state index in [9.17, 15) is 4.79 Å². The molecule has 0 fully saturated rings. The topological polar surface area (TPSA) is 60.9 Å². The van der Waals surface area contributed by atoms with Crippen LogP contribution in [0.25, 0.3) is 0 Å². The molecule has 0 saturated carbocycles. The molecule has 0 N–H and O–H groups in total. The van der Waals surface area contributed by atoms with Gasteiger partial charge in [0, 0.05) is 18.3 Å². The van der Waals surface area contributed by atoms with E-state index in [2.05, 4.69) is 10.1 Å². The summed E-state index contributed by atoms with van der Waals surface area (Å²) in [6, 6.07) is 3.20. The third-order valence-corrected chi connectivity index (χ3v) is 1.80. The molecule has 0 radical (unpaired) electrons. The van der Waals surface area contributed by atoms with Crippen LogP contribution in [0.4, 0.5) is 0 Å². The normalized spacial score (nSPS) is 10.4. The lowest BCUT2D eigenvalue weighted by Crippen LogP contribution is -2.18. The molecule has 0 aliphatic carbocycles. The highest BCUT2D eigenvalue weighted by Gasteiger charge is 2.02. The van der Waals surface area contributed by atoms with Crippen molar-refractivity contribution in [2.75, 3.05) is 0 Å². The van der Waals surface area contributed by atoms with Crippen molar-refractivity contribution in [3.05, 3.63) is 46.5 Å². The van der Waals surface area contributed by atoms with Crippen molar-refractivity contribution < 1.29 is 4.52 Å². The molecule has 0 aromatic carbocycles. The Bertz CT molecular complexity index is 487. The van der Waals surface area contributed by atoms with Crippen LogP contribution in [-0.4, -0.2) is 14.7 Å². The predicted molar refractivity (Wildman–Crippen MR) is 48.8 cm³/mol. The van der Waals surface area contributed by atoms with Crippen molar-refractivity contribution in [2.24, 2.45) is 0 Å². The standard InChI is InChI=1S/C9H9N3O2/c1-7-4-8(14-11-7)5-12-6-10-3-2-9(12)13/h2-4,6H,5H2,1H3. The maximum absolute atomic E-state index is 11.3. The summed E-state index contributed by atoms with van der Waals surface area (Å²) in [5.74, 6) is 0.651. The van der Waals surface area contributed by atoms with Crippen LogP contribution in [0.3, 0.4) is 0 Å². The molecule has 0 spiro atoms. The van der Waals surface area contributed by atoms with Gasteiger partial charge in [-0.3, -0.25) is 9.36 Å². The first-order valence-corrected chi connectivity index (χ1v) is 4.18. The molecule has 0 atom stereocenters. The highest BCUT2D eigenvalue weighted by molar-refractivity contribution is 5.03. The molecule has 0 saturated heterocycles. The van der Waals surface area contributed by atoms with Crippen LogP contribution in [0.5, 0.6) is 0 Å². The Morgan fingerprint density at radius 2 is 2.43 bits per heavy atom. The fourth-order valence-corrected chi connectivity index (χ4v) is 1.16. The zero-order chi connectivity index (χ0) is 9.97. The molecule has 2 rings (SSSR count). The van der Waals surface area contributed by atoms with Crippen molar-refractivity contribution in [3.63, 3.8) is 0 Å². The summed E-state index contributed by atoms with van der Waals surface area (Å²) < 4.78 is 6.44. The number of nitrogens with zero attached hydrogens (tertiary/aromatic N) is 3. The number of rotatable bonds is 2. The van der Waals surface area contributed by atoms with E-state index in [1.165, 1.54) is 23.2 Å². The highest BCUT2D eigenvalue weighted by Crippen LogP contribution is 2.02. The third-order valence-electron chi connectivity index (χ3n) is 1.80. The minimum atomic E-state index is -0.103. The van der Waals surface area contributed by atoms with Crippen molar-refractivity contribution >= 4 is 0 Å². The van der Waals surface area contributed by atoms with Crippen LogP contribution >= 0.6 is 0 Å². The zero-order valence-corrected chi connectivity index (χ0v) is 7.67. The summed E-state index contributed by atoms with van der Waals surface area (Å²) in [4.78, 5) is 15.1. The molecule has 2 aromatic heterocycles. The smallest absolute Gasteiger partial charge is 0.253 e. The summed E-state index contributed by atoms with van der Waals surface area (Å²) in [6.07, 6.45) is 2.94. The SMILES string of the molecule is Cc1cc(Cn2cnccc2=O)on1. The van der Waals surface area contributed by atoms with Crippen LogP contribution in [0.1, 0.15) is 11.5 Å². The second kappa shape index (κ2) is 3.45. The highest BCUT2D eigenvalue weighted by atomic mass is 16.5. The van der Waals surface area contributed by atoms with Gasteiger partial charge in [-0.2, -0.15) is 0 Å². The first-order chi connectivity index (χ1) is 6.75. The van der Waals surface area contributed by atoms with Crippen LogP contribution in [0.2, 0.25) is 0 Å². The van der Waals surface area contributed by atoms with E-state index in [0.29, 0.717) is 12.3 Å². The predicted octanol–water partition coefficient (Wildman–Crippen LogP) is 0.588. The Balaban J connectivity index is 2.27. The number of hydrogen-bond acceptors (Lipinski definition) is 4. The van der Waals surface area contributed by atoms with Crippen LogP contribution in [0.15, 0.2) is 34.0 Å². The maximum Gasteiger partial charge on any atom is 0.253 e. The van der Waals surface area contributed by atoms with Crippen LogP contribution < -0.4 is 5.56 Å². The molecule has 0 bridgehead atoms. The van der Waals surface area contributed by atoms with E-state index in [1.807, 2.05) is 6.92 Å². The summed E-state index contributed by atoms with van der Waals surface area (Å²) in [5.41, 5.74) is 0.700. The quantitative estimate of drug-likeness (QED) is 0.696. The van der Waals surface area contributed by atoms with Gasteiger partial charge in [0.1, 0.15) is 0 Å². The van der Waals surface area contributed by atoms with Gasteiger partial charge >= 0.3 is 0 Å². The van der Waals surface area contributed by atoms with Gasteiger partial charge in [-0.15, -0.1) is 0 Å².